The van der Waals surface area contributed by atoms with E-state index in [2.05, 4.69) is 0 Å². The molecule has 0 saturated heterocycles. The minimum absolute atomic E-state index is 0.642. The molecule has 0 radical (unpaired) electrons. The predicted octanol–water partition coefficient (Wildman–Crippen LogP) is 10.7. The molecule has 398 valence electrons. The minimum Gasteiger partial charge on any atom is -0.387 e. The summed E-state index contributed by atoms with van der Waals surface area (Å²) in [4.78, 5) is 0. The molecule has 0 fully saturated rings. The lowest BCUT2D eigenvalue weighted by molar-refractivity contribution is -0.948. The molecule has 2 N–H and O–H groups in total. The number of hydrogen-bond donors (Lipinski definition) is 2. The van der Waals surface area contributed by atoms with Gasteiger partial charge in [0.05, 0.1) is 28.2 Å². The number of hydrogen-bond acceptors (Lipinski definition) is 2. The summed E-state index contributed by atoms with van der Waals surface area (Å²) in [5.41, 5.74) is 0. The maximum Gasteiger partial charge on any atom is 0.460 e. The van der Waals surface area contributed by atoms with E-state index in [4.69, 9.17) is 0 Å². The van der Waals surface area contributed by atoms with Crippen molar-refractivity contribution in [2.75, 3.05) is 54.4 Å². The predicted molar refractivity (Wildman–Crippen MR) is 146 cm³/mol. The van der Waals surface area contributed by atoms with Crippen molar-refractivity contribution in [3.8, 4) is 0 Å². The van der Waals surface area contributed by atoms with E-state index in [1.54, 1.807) is 0 Å². The largest absolute Gasteiger partial charge is 0.460 e. The van der Waals surface area contributed by atoms with E-state index < -0.39 is 155 Å². The van der Waals surface area contributed by atoms with Crippen LogP contribution in [-0.4, -0.2) is 181 Å². The quantitative estimate of drug-likeness (QED) is 0.0791. The van der Waals surface area contributed by atoms with E-state index in [0.29, 0.717) is 28.2 Å². The van der Waals surface area contributed by atoms with Gasteiger partial charge in [0, 0.05) is 12.8 Å². The molecule has 0 rings (SSSR count). The summed E-state index contributed by atoms with van der Waals surface area (Å²) in [6, 6.07) is 0. The van der Waals surface area contributed by atoms with Crippen LogP contribution in [0.15, 0.2) is 0 Å². The highest BCUT2D eigenvalue weighted by atomic mass is 19.4. The summed E-state index contributed by atoms with van der Waals surface area (Å²) in [5.74, 6) is -118. The first-order valence-electron chi connectivity index (χ1n) is 16.3. The number of nitrogens with zero attached hydrogens (tertiary/aromatic N) is 2. The van der Waals surface area contributed by atoms with Gasteiger partial charge in [-0.25, -0.2) is 0 Å². The fraction of sp³-hybridized carbons (Fsp3) is 1.00. The molecule has 0 aromatic carbocycles. The fourth-order valence-corrected chi connectivity index (χ4v) is 5.24. The van der Waals surface area contributed by atoms with Gasteiger partial charge in [0.25, 0.3) is 0 Å². The summed E-state index contributed by atoms with van der Waals surface area (Å²) < 4.78 is 457. The second-order valence-corrected chi connectivity index (χ2v) is 15.7. The molecular weight excluding hydrogens is 1040 g/mol. The molecule has 0 aromatic heterocycles. The van der Waals surface area contributed by atoms with Crippen LogP contribution in [-0.2, 0) is 0 Å². The van der Waals surface area contributed by atoms with E-state index in [9.17, 15) is 159 Å². The summed E-state index contributed by atoms with van der Waals surface area (Å²) >= 11 is 0. The molecule has 0 aliphatic carbocycles. The third kappa shape index (κ3) is 9.92. The van der Waals surface area contributed by atoms with Crippen LogP contribution in [0.5, 0.6) is 0 Å². The minimum atomic E-state index is -8.96. The van der Waals surface area contributed by atoms with Crippen LogP contribution in [0.4, 0.5) is 149 Å². The maximum atomic E-state index is 14.4. The second-order valence-electron chi connectivity index (χ2n) is 15.7. The molecule has 0 saturated carbocycles. The number of aliphatic hydroxyl groups excluding tert-OH is 2. The number of aliphatic hydroxyl groups is 2. The Labute approximate surface area is 344 Å². The molecule has 0 aliphatic rings. The molecular formula is C28H28F34N2O2+2. The first-order chi connectivity index (χ1) is 27.9. The smallest absolute Gasteiger partial charge is 0.387 e. The SMILES string of the molecule is C[N+](C)(CC[N+](C)(C)CC(O)CC(F)(F)C(F)(F)C(F)(F)C(F)(F)C(F)(F)C(F)(F)C(F)(F)C(F)(F)F)CC(O)CC(F)(F)C(F)(F)C(F)(F)C(F)(F)C(F)(F)C(F)(F)C(F)(F)C(F)(F)F. The first kappa shape index (κ1) is 63.5. The Bertz CT molecular complexity index is 1540. The van der Waals surface area contributed by atoms with E-state index >= 15 is 0 Å². The van der Waals surface area contributed by atoms with Crippen molar-refractivity contribution in [3.05, 3.63) is 0 Å². The fourth-order valence-electron chi connectivity index (χ4n) is 5.24. The first-order valence-corrected chi connectivity index (χ1v) is 16.3. The molecule has 0 aromatic rings. The lowest BCUT2D eigenvalue weighted by Crippen LogP contribution is -2.74. The molecule has 38 heteroatoms. The highest BCUT2D eigenvalue weighted by Crippen LogP contribution is 2.66. The van der Waals surface area contributed by atoms with Gasteiger partial charge >= 0.3 is 95.3 Å². The zero-order valence-corrected chi connectivity index (χ0v) is 32.0. The van der Waals surface area contributed by atoms with Gasteiger partial charge in [0.2, 0.25) is 0 Å². The van der Waals surface area contributed by atoms with Gasteiger partial charge in [-0.15, -0.1) is 0 Å². The van der Waals surface area contributed by atoms with Crippen LogP contribution in [0.2, 0.25) is 0 Å². The Morgan fingerprint density at radius 3 is 0.591 bits per heavy atom. The van der Waals surface area contributed by atoms with E-state index in [1.807, 2.05) is 0 Å². The Kier molecular flexibility index (Phi) is 16.4. The molecule has 0 bridgehead atoms. The van der Waals surface area contributed by atoms with Gasteiger partial charge in [0.15, 0.2) is 0 Å². The average Bonchev–Trinajstić information content (AvgIpc) is 3.04. The Hall–Kier alpha value is -2.54. The maximum absolute atomic E-state index is 14.4. The van der Waals surface area contributed by atoms with Crippen molar-refractivity contribution in [1.82, 2.24) is 0 Å². The van der Waals surface area contributed by atoms with Crippen LogP contribution in [0.25, 0.3) is 0 Å². The van der Waals surface area contributed by atoms with Gasteiger partial charge in [-0.1, -0.05) is 0 Å². The third-order valence-corrected chi connectivity index (χ3v) is 9.28. The van der Waals surface area contributed by atoms with Crippen molar-refractivity contribution >= 4 is 0 Å². The number of quaternary nitrogens is 2. The molecule has 0 aliphatic heterocycles. The topological polar surface area (TPSA) is 40.5 Å². The van der Waals surface area contributed by atoms with E-state index in [1.165, 1.54) is 0 Å². The Balaban J connectivity index is 6.31. The summed E-state index contributed by atoms with van der Waals surface area (Å²) in [6.07, 6.45) is -29.4. The molecule has 0 heterocycles. The highest BCUT2D eigenvalue weighted by molar-refractivity contribution is 5.16. The van der Waals surface area contributed by atoms with E-state index in [-0.39, 0.29) is 0 Å². The number of halogens is 34. The molecule has 66 heavy (non-hydrogen) atoms. The summed E-state index contributed by atoms with van der Waals surface area (Å²) in [6.45, 7) is -5.20. The Morgan fingerprint density at radius 2 is 0.424 bits per heavy atom. The molecule has 0 amide bonds. The third-order valence-electron chi connectivity index (χ3n) is 9.28. The number of rotatable bonds is 23. The average molecular weight is 1070 g/mol. The number of alkyl halides is 34. The van der Waals surface area contributed by atoms with Crippen molar-refractivity contribution < 1.29 is 168 Å². The van der Waals surface area contributed by atoms with Crippen molar-refractivity contribution in [1.29, 1.82) is 0 Å². The van der Waals surface area contributed by atoms with Gasteiger partial charge in [-0.05, 0) is 0 Å². The van der Waals surface area contributed by atoms with Gasteiger partial charge < -0.3 is 19.2 Å². The normalized spacial score (nSPS) is 17.6. The monoisotopic (exact) mass is 1070 g/mol. The molecule has 2 atom stereocenters. The lowest BCUT2D eigenvalue weighted by atomic mass is 9.87. The summed E-state index contributed by atoms with van der Waals surface area (Å²) in [7, 11) is 2.57. The summed E-state index contributed by atoms with van der Waals surface area (Å²) in [5, 5.41) is 19.7. The van der Waals surface area contributed by atoms with Crippen molar-refractivity contribution in [2.45, 2.75) is 120 Å². The zero-order chi connectivity index (χ0) is 54.4. The lowest BCUT2D eigenvalue weighted by Gasteiger charge is -2.43. The molecule has 0 spiro atoms. The standard InChI is InChI=1S/C28H28F34N2O2/c1-63(2,9-11(65)7-13(29,30)15(33,34)17(37,38)19(41,42)21(45,46)23(49,50)25(53,54)27(57,58)59)5-6-64(3,4)10-12(66)8-14(31,32)16(35,36)18(39,40)20(43,44)22(47,48)24(51,52)26(55,56)28(60,61)62/h11-12,65-66H,5-10H2,1-4H3/q+2. The number of likely N-dealkylation sites (N-methyl/N-ethyl adjacent to an activating group) is 2. The second kappa shape index (κ2) is 17.1. The Morgan fingerprint density at radius 1 is 0.273 bits per heavy atom. The van der Waals surface area contributed by atoms with E-state index in [0.717, 1.165) is 0 Å². The van der Waals surface area contributed by atoms with Gasteiger partial charge in [-0.2, -0.15) is 149 Å². The van der Waals surface area contributed by atoms with Crippen LogP contribution in [0, 0.1) is 0 Å². The van der Waals surface area contributed by atoms with Crippen LogP contribution in [0.3, 0.4) is 0 Å². The van der Waals surface area contributed by atoms with Crippen LogP contribution < -0.4 is 0 Å². The molecule has 2 unspecified atom stereocenters. The highest BCUT2D eigenvalue weighted by Gasteiger charge is 2.97. The van der Waals surface area contributed by atoms with Gasteiger partial charge in [0.1, 0.15) is 38.4 Å². The zero-order valence-electron chi connectivity index (χ0n) is 32.0. The molecule has 4 nitrogen and oxygen atoms in total. The van der Waals surface area contributed by atoms with Crippen molar-refractivity contribution in [3.63, 3.8) is 0 Å². The van der Waals surface area contributed by atoms with Crippen LogP contribution >= 0.6 is 0 Å². The van der Waals surface area contributed by atoms with Crippen molar-refractivity contribution in [2.24, 2.45) is 0 Å². The van der Waals surface area contributed by atoms with Gasteiger partial charge in [-0.3, -0.25) is 0 Å². The van der Waals surface area contributed by atoms with Crippen LogP contribution in [0.1, 0.15) is 12.8 Å².